The fourth-order valence-electron chi connectivity index (χ4n) is 3.31. The van der Waals surface area contributed by atoms with E-state index in [1.807, 2.05) is 35.4 Å². The van der Waals surface area contributed by atoms with Gasteiger partial charge in [-0.25, -0.2) is 9.67 Å². The van der Waals surface area contributed by atoms with Crippen LogP contribution in [0.15, 0.2) is 43.1 Å². The van der Waals surface area contributed by atoms with Crippen LogP contribution in [0.2, 0.25) is 5.02 Å². The SMILES string of the molecule is Clc1cccc(-c2[nH]ncc2CN2CCC(n3cncn3)CC2)c1. The number of hydrogen-bond donors (Lipinski definition) is 1. The van der Waals surface area contributed by atoms with Crippen molar-refractivity contribution in [3.8, 4) is 11.3 Å². The number of halogens is 1. The van der Waals surface area contributed by atoms with Crippen LogP contribution in [0.5, 0.6) is 0 Å². The molecule has 7 heteroatoms. The Balaban J connectivity index is 1.43. The molecule has 124 valence electrons. The van der Waals surface area contributed by atoms with Gasteiger partial charge in [-0.2, -0.15) is 10.2 Å². The van der Waals surface area contributed by atoms with E-state index in [0.717, 1.165) is 48.8 Å². The minimum Gasteiger partial charge on any atom is -0.299 e. The van der Waals surface area contributed by atoms with Crippen molar-refractivity contribution in [2.75, 3.05) is 13.1 Å². The molecule has 1 fully saturated rings. The predicted molar refractivity (Wildman–Crippen MR) is 92.6 cm³/mol. The molecule has 2 aromatic heterocycles. The van der Waals surface area contributed by atoms with E-state index in [4.69, 9.17) is 11.6 Å². The maximum Gasteiger partial charge on any atom is 0.137 e. The van der Waals surface area contributed by atoms with Crippen LogP contribution >= 0.6 is 11.6 Å². The molecule has 0 saturated carbocycles. The van der Waals surface area contributed by atoms with Crippen molar-refractivity contribution in [3.63, 3.8) is 0 Å². The van der Waals surface area contributed by atoms with Gasteiger partial charge in [-0.15, -0.1) is 0 Å². The minimum atomic E-state index is 0.459. The van der Waals surface area contributed by atoms with Crippen molar-refractivity contribution in [2.24, 2.45) is 0 Å². The highest BCUT2D eigenvalue weighted by Gasteiger charge is 2.22. The second-order valence-electron chi connectivity index (χ2n) is 6.16. The third-order valence-electron chi connectivity index (χ3n) is 4.59. The Labute approximate surface area is 145 Å². The number of nitrogens with zero attached hydrogens (tertiary/aromatic N) is 5. The first-order valence-electron chi connectivity index (χ1n) is 8.14. The molecule has 1 aliphatic heterocycles. The summed E-state index contributed by atoms with van der Waals surface area (Å²) in [7, 11) is 0. The Kier molecular flexibility index (Phi) is 4.32. The molecule has 1 aliphatic rings. The maximum absolute atomic E-state index is 6.11. The highest BCUT2D eigenvalue weighted by atomic mass is 35.5. The zero-order chi connectivity index (χ0) is 16.4. The van der Waals surface area contributed by atoms with Crippen LogP contribution in [-0.2, 0) is 6.54 Å². The quantitative estimate of drug-likeness (QED) is 0.791. The van der Waals surface area contributed by atoms with E-state index in [1.54, 1.807) is 6.33 Å². The van der Waals surface area contributed by atoms with Gasteiger partial charge in [0.1, 0.15) is 12.7 Å². The molecule has 0 bridgehead atoms. The molecule has 1 saturated heterocycles. The molecule has 4 rings (SSSR count). The molecule has 3 heterocycles. The van der Waals surface area contributed by atoms with Gasteiger partial charge in [-0.1, -0.05) is 23.7 Å². The molecule has 1 aromatic carbocycles. The van der Waals surface area contributed by atoms with Crippen LogP contribution in [0.4, 0.5) is 0 Å². The van der Waals surface area contributed by atoms with Gasteiger partial charge in [0.25, 0.3) is 0 Å². The van der Waals surface area contributed by atoms with E-state index in [-0.39, 0.29) is 0 Å². The molecule has 0 aliphatic carbocycles. The molecule has 0 amide bonds. The van der Waals surface area contributed by atoms with Crippen LogP contribution in [-0.4, -0.2) is 43.0 Å². The monoisotopic (exact) mass is 342 g/mol. The highest BCUT2D eigenvalue weighted by Crippen LogP contribution is 2.27. The summed E-state index contributed by atoms with van der Waals surface area (Å²) in [5.74, 6) is 0. The van der Waals surface area contributed by atoms with Gasteiger partial charge in [0.15, 0.2) is 0 Å². The van der Waals surface area contributed by atoms with Gasteiger partial charge < -0.3 is 0 Å². The molecular formula is C17H19ClN6. The van der Waals surface area contributed by atoms with Crippen molar-refractivity contribution >= 4 is 11.6 Å². The molecule has 1 N–H and O–H groups in total. The van der Waals surface area contributed by atoms with Gasteiger partial charge in [0, 0.05) is 35.8 Å². The summed E-state index contributed by atoms with van der Waals surface area (Å²) in [6.45, 7) is 2.98. The van der Waals surface area contributed by atoms with E-state index in [9.17, 15) is 0 Å². The van der Waals surface area contributed by atoms with Gasteiger partial charge in [-0.3, -0.25) is 10.00 Å². The standard InChI is InChI=1S/C17H19ClN6/c18-15-3-1-2-13(8-15)17-14(9-20-22-17)10-23-6-4-16(5-7-23)24-12-19-11-21-24/h1-3,8-9,11-12,16H,4-7,10H2,(H,20,22). The summed E-state index contributed by atoms with van der Waals surface area (Å²) < 4.78 is 1.98. The second-order valence-corrected chi connectivity index (χ2v) is 6.60. The summed E-state index contributed by atoms with van der Waals surface area (Å²) in [5, 5.41) is 12.3. The fraction of sp³-hybridized carbons (Fsp3) is 0.353. The summed E-state index contributed by atoms with van der Waals surface area (Å²) >= 11 is 6.11. The lowest BCUT2D eigenvalue weighted by atomic mass is 10.0. The van der Waals surface area contributed by atoms with Gasteiger partial charge in [-0.05, 0) is 25.0 Å². The molecule has 0 unspecified atom stereocenters. The van der Waals surface area contributed by atoms with E-state index in [1.165, 1.54) is 5.56 Å². The highest BCUT2D eigenvalue weighted by molar-refractivity contribution is 6.30. The average Bonchev–Trinajstić information content (AvgIpc) is 3.27. The molecule has 0 spiro atoms. The topological polar surface area (TPSA) is 62.6 Å². The Bertz CT molecular complexity index is 789. The first-order valence-corrected chi connectivity index (χ1v) is 8.52. The van der Waals surface area contributed by atoms with Crippen LogP contribution in [0, 0.1) is 0 Å². The van der Waals surface area contributed by atoms with Crippen molar-refractivity contribution in [1.29, 1.82) is 0 Å². The van der Waals surface area contributed by atoms with Gasteiger partial charge in [0.2, 0.25) is 0 Å². The van der Waals surface area contributed by atoms with E-state index in [0.29, 0.717) is 6.04 Å². The number of piperidine rings is 1. The van der Waals surface area contributed by atoms with Gasteiger partial charge in [0.05, 0.1) is 17.9 Å². The Hall–Kier alpha value is -2.18. The Morgan fingerprint density at radius 1 is 1.25 bits per heavy atom. The number of aromatic amines is 1. The third kappa shape index (κ3) is 3.20. The molecule has 24 heavy (non-hydrogen) atoms. The molecule has 3 aromatic rings. The molecular weight excluding hydrogens is 324 g/mol. The Morgan fingerprint density at radius 2 is 2.12 bits per heavy atom. The maximum atomic E-state index is 6.11. The molecule has 6 nitrogen and oxygen atoms in total. The largest absolute Gasteiger partial charge is 0.299 e. The lowest BCUT2D eigenvalue weighted by Gasteiger charge is -2.31. The van der Waals surface area contributed by atoms with E-state index in [2.05, 4.69) is 31.2 Å². The fourth-order valence-corrected chi connectivity index (χ4v) is 3.50. The number of hydrogen-bond acceptors (Lipinski definition) is 4. The normalized spacial score (nSPS) is 16.5. The molecule has 0 radical (unpaired) electrons. The third-order valence-corrected chi connectivity index (χ3v) is 4.83. The van der Waals surface area contributed by atoms with Crippen molar-refractivity contribution in [1.82, 2.24) is 29.9 Å². The van der Waals surface area contributed by atoms with Crippen molar-refractivity contribution in [2.45, 2.75) is 25.4 Å². The second kappa shape index (κ2) is 6.75. The zero-order valence-corrected chi connectivity index (χ0v) is 14.0. The lowest BCUT2D eigenvalue weighted by molar-refractivity contribution is 0.173. The zero-order valence-electron chi connectivity index (χ0n) is 13.3. The number of rotatable bonds is 4. The number of benzene rings is 1. The summed E-state index contributed by atoms with van der Waals surface area (Å²) in [5.41, 5.74) is 3.33. The number of H-pyrrole nitrogens is 1. The van der Waals surface area contributed by atoms with Crippen LogP contribution in [0.1, 0.15) is 24.4 Å². The smallest absolute Gasteiger partial charge is 0.137 e. The minimum absolute atomic E-state index is 0.459. The Morgan fingerprint density at radius 3 is 2.88 bits per heavy atom. The number of aromatic nitrogens is 5. The molecule has 0 atom stereocenters. The van der Waals surface area contributed by atoms with Crippen LogP contribution in [0.3, 0.4) is 0 Å². The predicted octanol–water partition coefficient (Wildman–Crippen LogP) is 3.16. The average molecular weight is 343 g/mol. The van der Waals surface area contributed by atoms with E-state index < -0.39 is 0 Å². The first kappa shape index (κ1) is 15.4. The van der Waals surface area contributed by atoms with Crippen molar-refractivity contribution < 1.29 is 0 Å². The first-order chi connectivity index (χ1) is 11.8. The van der Waals surface area contributed by atoms with Crippen LogP contribution < -0.4 is 0 Å². The van der Waals surface area contributed by atoms with Gasteiger partial charge >= 0.3 is 0 Å². The number of likely N-dealkylation sites (tertiary alicyclic amines) is 1. The summed E-state index contributed by atoms with van der Waals surface area (Å²) in [6.07, 6.45) is 7.52. The summed E-state index contributed by atoms with van der Waals surface area (Å²) in [4.78, 5) is 6.51. The lowest BCUT2D eigenvalue weighted by Crippen LogP contribution is -2.34. The van der Waals surface area contributed by atoms with E-state index >= 15 is 0 Å². The van der Waals surface area contributed by atoms with Crippen molar-refractivity contribution in [3.05, 3.63) is 53.7 Å². The number of nitrogens with one attached hydrogen (secondary N) is 1. The van der Waals surface area contributed by atoms with Crippen LogP contribution in [0.25, 0.3) is 11.3 Å². The summed E-state index contributed by atoms with van der Waals surface area (Å²) in [6, 6.07) is 8.33.